The summed E-state index contributed by atoms with van der Waals surface area (Å²) in [4.78, 5) is 9.00. The maximum absolute atomic E-state index is 9.00. The summed E-state index contributed by atoms with van der Waals surface area (Å²) in [6.07, 6.45) is 0. The van der Waals surface area contributed by atoms with Crippen molar-refractivity contribution < 1.29 is 58.1 Å². The van der Waals surface area contributed by atoms with Gasteiger partial charge in [-0.05, 0) is 0 Å². The normalized spacial score (nSPS) is 3.00. The maximum Gasteiger partial charge on any atom is 3.00 e. The third kappa shape index (κ3) is 1260. The molecule has 0 aromatic carbocycles. The zero-order valence-electron chi connectivity index (χ0n) is 3.66. The third-order valence-corrected chi connectivity index (χ3v) is 0. The minimum Gasteiger partial charge on any atom is -0.870 e. The van der Waals surface area contributed by atoms with Crippen LogP contribution in [0.2, 0.25) is 0 Å². The summed E-state index contributed by atoms with van der Waals surface area (Å²) >= 11 is 0. The van der Waals surface area contributed by atoms with Gasteiger partial charge < -0.3 is 27.9 Å². The average molecular weight is 286 g/mol. The van der Waals surface area contributed by atoms with Crippen molar-refractivity contribution in [2.24, 2.45) is 11.5 Å². The molecule has 0 spiro atoms. The molecular weight excluding hydrogens is 279 g/mol. The molecule has 2 amide bonds. The quantitative estimate of drug-likeness (QED) is 0.554. The first-order chi connectivity index (χ1) is 1.73. The number of carbonyl (C=O) groups excluding carboxylic acids is 1. The van der Waals surface area contributed by atoms with Crippen molar-refractivity contribution >= 4 is 6.03 Å². The summed E-state index contributed by atoms with van der Waals surface area (Å²) in [6, 6.07) is -0.833. The van der Waals surface area contributed by atoms with Crippen LogP contribution in [0.3, 0.4) is 0 Å². The number of hydrogen-bond acceptors (Lipinski definition) is 4. The van der Waals surface area contributed by atoms with Gasteiger partial charge in [0.05, 0.1) is 0 Å². The summed E-state index contributed by atoms with van der Waals surface area (Å²) < 4.78 is 0. The van der Waals surface area contributed by atoms with E-state index in [0.29, 0.717) is 0 Å². The van der Waals surface area contributed by atoms with Crippen LogP contribution >= 0.6 is 0 Å². The topological polar surface area (TPSA) is 159 Å². The predicted molar refractivity (Wildman–Crippen MR) is 19.6 cm³/mol. The Morgan fingerprint density at radius 1 is 1.00 bits per heavy atom. The molecule has 0 unspecified atom stereocenters. The Kier molecular flexibility index (Phi) is 131. The van der Waals surface area contributed by atoms with Crippen molar-refractivity contribution in [2.75, 3.05) is 0 Å². The third-order valence-electron chi connectivity index (χ3n) is 0. The Hall–Kier alpha value is 0.384. The molecule has 0 aliphatic heterocycles. The molecule has 0 aromatic rings. The molecule has 8 heavy (non-hydrogen) atoms. The number of hydrogen-bond donors (Lipinski definition) is 2. The molecular formula is CH7LuN2O4. The van der Waals surface area contributed by atoms with E-state index in [1.165, 1.54) is 0 Å². The van der Waals surface area contributed by atoms with E-state index in [2.05, 4.69) is 11.5 Å². The van der Waals surface area contributed by atoms with E-state index < -0.39 is 6.03 Å². The second-order valence-corrected chi connectivity index (χ2v) is 0.402. The van der Waals surface area contributed by atoms with Crippen LogP contribution in [0.1, 0.15) is 0 Å². The molecule has 0 saturated heterocycles. The molecule has 0 saturated carbocycles. The summed E-state index contributed by atoms with van der Waals surface area (Å²) in [5.74, 6) is 0. The molecule has 6 nitrogen and oxygen atoms in total. The van der Waals surface area contributed by atoms with Crippen molar-refractivity contribution in [2.45, 2.75) is 0 Å². The van der Waals surface area contributed by atoms with E-state index in [4.69, 9.17) is 4.79 Å². The molecule has 0 rings (SSSR count). The first kappa shape index (κ1) is 39.9. The Bertz CT molecular complexity index is 37.0. The zero-order chi connectivity index (χ0) is 3.58. The largest absolute Gasteiger partial charge is 3.00 e. The molecule has 7 N–H and O–H groups in total. The molecule has 60 valence electrons. The van der Waals surface area contributed by atoms with Crippen LogP contribution in [0.5, 0.6) is 0 Å². The van der Waals surface area contributed by atoms with Crippen molar-refractivity contribution in [3.8, 4) is 0 Å². The minimum atomic E-state index is -0.833. The second kappa shape index (κ2) is 26.3. The van der Waals surface area contributed by atoms with E-state index in [-0.39, 0.29) is 53.3 Å². The van der Waals surface area contributed by atoms with Gasteiger partial charge in [-0.2, -0.15) is 0 Å². The van der Waals surface area contributed by atoms with Gasteiger partial charge in [-0.25, -0.2) is 4.79 Å². The Balaban J connectivity index is -0.00000000750. The van der Waals surface area contributed by atoms with Crippen LogP contribution < -0.4 is 11.5 Å². The smallest absolute Gasteiger partial charge is 0.870 e. The van der Waals surface area contributed by atoms with Gasteiger partial charge >= 0.3 is 42.9 Å². The molecule has 0 bridgehead atoms. The van der Waals surface area contributed by atoms with E-state index in [1.54, 1.807) is 0 Å². The van der Waals surface area contributed by atoms with Gasteiger partial charge in [0.2, 0.25) is 0 Å². The van der Waals surface area contributed by atoms with Crippen molar-refractivity contribution in [1.29, 1.82) is 0 Å². The van der Waals surface area contributed by atoms with Crippen molar-refractivity contribution in [1.82, 2.24) is 0 Å². The van der Waals surface area contributed by atoms with Crippen molar-refractivity contribution in [3.63, 3.8) is 0 Å². The second-order valence-electron chi connectivity index (χ2n) is 0.402. The van der Waals surface area contributed by atoms with Gasteiger partial charge in [0.25, 0.3) is 0 Å². The number of nitrogens with two attached hydrogens (primary N) is 2. The first-order valence-electron chi connectivity index (χ1n) is 0.781. The number of carbonyl (C=O) groups is 1. The SMILES string of the molecule is NC(N)=O.[Lu+3].[OH-].[OH-].[OH-]. The van der Waals surface area contributed by atoms with Gasteiger partial charge in [-0.1, -0.05) is 0 Å². The summed E-state index contributed by atoms with van der Waals surface area (Å²) in [5.41, 5.74) is 8.50. The fourth-order valence-corrected chi connectivity index (χ4v) is 0. The van der Waals surface area contributed by atoms with E-state index >= 15 is 0 Å². The molecule has 0 aliphatic rings. The van der Waals surface area contributed by atoms with Crippen LogP contribution in [0, 0.1) is 36.9 Å². The van der Waals surface area contributed by atoms with Gasteiger partial charge in [-0.3, -0.25) is 0 Å². The Labute approximate surface area is 75.3 Å². The molecule has 0 aromatic heterocycles. The number of primary amides is 2. The van der Waals surface area contributed by atoms with Gasteiger partial charge in [0, 0.05) is 0 Å². The average Bonchev–Trinajstić information content (AvgIpc) is 0.811. The van der Waals surface area contributed by atoms with Gasteiger partial charge in [-0.15, -0.1) is 0 Å². The summed E-state index contributed by atoms with van der Waals surface area (Å²) in [6.45, 7) is 0. The minimum absolute atomic E-state index is 0. The molecule has 0 radical (unpaired) electrons. The van der Waals surface area contributed by atoms with Crippen LogP contribution in [0.25, 0.3) is 0 Å². The fraction of sp³-hybridized carbons (Fsp3) is 0. The predicted octanol–water partition coefficient (Wildman–Crippen LogP) is -1.51. The monoisotopic (exact) mass is 286 g/mol. The van der Waals surface area contributed by atoms with E-state index in [0.717, 1.165) is 0 Å². The molecule has 0 fully saturated rings. The molecule has 7 heteroatoms. The Morgan fingerprint density at radius 3 is 1.00 bits per heavy atom. The fourth-order valence-electron chi connectivity index (χ4n) is 0. The standard InChI is InChI=1S/CH4N2O.Lu.3H2O/c2-1(3)4;;;;/h(H4,2,3,4);;3*1H2/q;+3;;;/p-3. The van der Waals surface area contributed by atoms with E-state index in [1.807, 2.05) is 0 Å². The Morgan fingerprint density at radius 2 is 1.00 bits per heavy atom. The summed E-state index contributed by atoms with van der Waals surface area (Å²) in [7, 11) is 0. The van der Waals surface area contributed by atoms with Crippen LogP contribution in [-0.2, 0) is 0 Å². The van der Waals surface area contributed by atoms with Gasteiger partial charge in [0.15, 0.2) is 0 Å². The molecule has 0 heterocycles. The number of urea groups is 1. The van der Waals surface area contributed by atoms with Gasteiger partial charge in [0.1, 0.15) is 0 Å². The van der Waals surface area contributed by atoms with Crippen LogP contribution in [0.15, 0.2) is 0 Å². The molecule has 0 atom stereocenters. The summed E-state index contributed by atoms with van der Waals surface area (Å²) in [5, 5.41) is 0. The first-order valence-corrected chi connectivity index (χ1v) is 0.781. The number of amides is 2. The van der Waals surface area contributed by atoms with Crippen LogP contribution in [0.4, 0.5) is 4.79 Å². The maximum atomic E-state index is 9.00. The van der Waals surface area contributed by atoms with Crippen molar-refractivity contribution in [3.05, 3.63) is 0 Å². The zero-order valence-corrected chi connectivity index (χ0v) is 5.32. The van der Waals surface area contributed by atoms with Crippen LogP contribution in [-0.4, -0.2) is 22.5 Å². The molecule has 0 aliphatic carbocycles. The number of rotatable bonds is 0. The van der Waals surface area contributed by atoms with E-state index in [9.17, 15) is 0 Å².